The van der Waals surface area contributed by atoms with Crippen LogP contribution in [0, 0.1) is 30.2 Å². The van der Waals surface area contributed by atoms with Crippen LogP contribution in [0.5, 0.6) is 0 Å². The topological polar surface area (TPSA) is 17.1 Å². The minimum absolute atomic E-state index is 0.260. The predicted octanol–water partition coefficient (Wildman–Crippen LogP) is 3.78. The molecule has 19 heavy (non-hydrogen) atoms. The van der Waals surface area contributed by atoms with Crippen molar-refractivity contribution in [2.75, 3.05) is 0 Å². The van der Waals surface area contributed by atoms with Crippen LogP contribution in [0.4, 0.5) is 17.6 Å². The van der Waals surface area contributed by atoms with Crippen molar-refractivity contribution in [2.24, 2.45) is 0 Å². The highest BCUT2D eigenvalue weighted by Crippen LogP contribution is 2.20. The molecule has 0 amide bonds. The monoisotopic (exact) mass is 268 g/mol. The Morgan fingerprint density at radius 2 is 1.37 bits per heavy atom. The summed E-state index contributed by atoms with van der Waals surface area (Å²) in [5, 5.41) is 0. The second kappa shape index (κ2) is 4.84. The van der Waals surface area contributed by atoms with Gasteiger partial charge in [0.25, 0.3) is 0 Å². The van der Waals surface area contributed by atoms with Gasteiger partial charge in [-0.25, -0.2) is 17.6 Å². The third kappa shape index (κ3) is 2.50. The van der Waals surface area contributed by atoms with Gasteiger partial charge in [-0.15, -0.1) is 0 Å². The van der Waals surface area contributed by atoms with E-state index in [1.165, 1.54) is 12.1 Å². The van der Waals surface area contributed by atoms with Gasteiger partial charge in [-0.3, -0.25) is 4.79 Å². The van der Waals surface area contributed by atoms with Gasteiger partial charge in [0.2, 0.25) is 0 Å². The van der Waals surface area contributed by atoms with E-state index in [1.54, 1.807) is 6.92 Å². The molecular formula is C14H8F4O. The van der Waals surface area contributed by atoms with Crippen LogP contribution in [0.1, 0.15) is 21.5 Å². The molecule has 1 nitrogen and oxygen atoms in total. The Labute approximate surface area is 106 Å². The van der Waals surface area contributed by atoms with Gasteiger partial charge >= 0.3 is 0 Å². The molecular weight excluding hydrogens is 260 g/mol. The number of halogens is 4. The Kier molecular flexibility index (Phi) is 3.38. The van der Waals surface area contributed by atoms with Crippen molar-refractivity contribution in [3.05, 3.63) is 70.3 Å². The quantitative estimate of drug-likeness (QED) is 0.460. The molecule has 2 rings (SSSR count). The molecule has 98 valence electrons. The maximum absolute atomic E-state index is 13.5. The normalized spacial score (nSPS) is 10.6. The zero-order chi connectivity index (χ0) is 14.2. The standard InChI is InChI=1S/C14H8F4O/c1-7-2-3-10(15)8(4-7)14(19)9-5-12(17)13(18)6-11(9)16/h2-6H,1H3. The number of rotatable bonds is 2. The predicted molar refractivity (Wildman–Crippen MR) is 60.9 cm³/mol. The molecule has 0 aliphatic carbocycles. The van der Waals surface area contributed by atoms with Gasteiger partial charge in [-0.2, -0.15) is 0 Å². The molecule has 0 saturated heterocycles. The molecule has 0 bridgehead atoms. The molecule has 0 N–H and O–H groups in total. The van der Waals surface area contributed by atoms with Gasteiger partial charge in [-0.1, -0.05) is 11.6 Å². The smallest absolute Gasteiger partial charge is 0.199 e. The highest BCUT2D eigenvalue weighted by atomic mass is 19.2. The zero-order valence-electron chi connectivity index (χ0n) is 9.81. The number of hydrogen-bond acceptors (Lipinski definition) is 1. The largest absolute Gasteiger partial charge is 0.288 e. The van der Waals surface area contributed by atoms with E-state index in [9.17, 15) is 22.4 Å². The van der Waals surface area contributed by atoms with Crippen LogP contribution in [0.2, 0.25) is 0 Å². The minimum Gasteiger partial charge on any atom is -0.288 e. The van der Waals surface area contributed by atoms with E-state index >= 15 is 0 Å². The van der Waals surface area contributed by atoms with Crippen molar-refractivity contribution in [1.82, 2.24) is 0 Å². The van der Waals surface area contributed by atoms with Gasteiger partial charge in [-0.05, 0) is 25.1 Å². The number of benzene rings is 2. The maximum Gasteiger partial charge on any atom is 0.199 e. The van der Waals surface area contributed by atoms with Crippen molar-refractivity contribution in [3.63, 3.8) is 0 Å². The lowest BCUT2D eigenvalue weighted by Crippen LogP contribution is -2.08. The second-order valence-corrected chi connectivity index (χ2v) is 4.06. The molecule has 0 fully saturated rings. The lowest BCUT2D eigenvalue weighted by atomic mass is 10.0. The molecule has 0 atom stereocenters. The molecule has 2 aromatic carbocycles. The number of aryl methyl sites for hydroxylation is 1. The molecule has 0 unspecified atom stereocenters. The third-order valence-corrected chi connectivity index (χ3v) is 2.62. The van der Waals surface area contributed by atoms with Crippen molar-refractivity contribution in [2.45, 2.75) is 6.92 Å². The molecule has 0 radical (unpaired) electrons. The number of ketones is 1. The molecule has 0 aliphatic heterocycles. The van der Waals surface area contributed by atoms with Crippen molar-refractivity contribution in [1.29, 1.82) is 0 Å². The van der Waals surface area contributed by atoms with Crippen LogP contribution in [0.3, 0.4) is 0 Å². The fourth-order valence-corrected chi connectivity index (χ4v) is 1.65. The molecule has 0 heterocycles. The minimum atomic E-state index is -1.40. The average molecular weight is 268 g/mol. The average Bonchev–Trinajstić information content (AvgIpc) is 2.36. The molecule has 5 heteroatoms. The van der Waals surface area contributed by atoms with Gasteiger partial charge < -0.3 is 0 Å². The first-order valence-corrected chi connectivity index (χ1v) is 5.35. The van der Waals surface area contributed by atoms with Crippen LogP contribution >= 0.6 is 0 Å². The Bertz CT molecular complexity index is 665. The zero-order valence-corrected chi connectivity index (χ0v) is 9.81. The van der Waals surface area contributed by atoms with Crippen molar-refractivity contribution in [3.8, 4) is 0 Å². The Balaban J connectivity index is 2.56. The first-order chi connectivity index (χ1) is 8.90. The van der Waals surface area contributed by atoms with Crippen LogP contribution in [0.15, 0.2) is 30.3 Å². The molecule has 0 saturated carbocycles. The molecule has 0 aliphatic rings. The highest BCUT2D eigenvalue weighted by molar-refractivity contribution is 6.09. The van der Waals surface area contributed by atoms with Crippen molar-refractivity contribution >= 4 is 5.78 Å². The van der Waals surface area contributed by atoms with E-state index in [4.69, 9.17) is 0 Å². The summed E-state index contributed by atoms with van der Waals surface area (Å²) >= 11 is 0. The van der Waals surface area contributed by atoms with Crippen LogP contribution in [-0.2, 0) is 0 Å². The van der Waals surface area contributed by atoms with E-state index in [2.05, 4.69) is 0 Å². The van der Waals surface area contributed by atoms with Gasteiger partial charge in [0, 0.05) is 6.07 Å². The van der Waals surface area contributed by atoms with E-state index in [-0.39, 0.29) is 11.6 Å². The summed E-state index contributed by atoms with van der Waals surface area (Å²) in [5.74, 6) is -5.88. The molecule has 2 aromatic rings. The van der Waals surface area contributed by atoms with E-state index in [0.29, 0.717) is 11.6 Å². The summed E-state index contributed by atoms with van der Waals surface area (Å²) in [6.45, 7) is 1.62. The maximum atomic E-state index is 13.5. The van der Waals surface area contributed by atoms with E-state index in [1.807, 2.05) is 0 Å². The summed E-state index contributed by atoms with van der Waals surface area (Å²) in [6, 6.07) is 4.40. The third-order valence-electron chi connectivity index (χ3n) is 2.62. The number of carbonyl (C=O) groups is 1. The fourth-order valence-electron chi connectivity index (χ4n) is 1.65. The first-order valence-electron chi connectivity index (χ1n) is 5.35. The van der Waals surface area contributed by atoms with Gasteiger partial charge in [0.1, 0.15) is 11.6 Å². The highest BCUT2D eigenvalue weighted by Gasteiger charge is 2.20. The summed E-state index contributed by atoms with van der Waals surface area (Å²) in [6.07, 6.45) is 0. The second-order valence-electron chi connectivity index (χ2n) is 4.06. The SMILES string of the molecule is Cc1ccc(F)c(C(=O)c2cc(F)c(F)cc2F)c1. The van der Waals surface area contributed by atoms with Crippen LogP contribution in [-0.4, -0.2) is 5.78 Å². The van der Waals surface area contributed by atoms with Gasteiger partial charge in [0.15, 0.2) is 17.4 Å². The number of carbonyl (C=O) groups excluding carboxylic acids is 1. The summed E-state index contributed by atoms with van der Waals surface area (Å²) in [7, 11) is 0. The van der Waals surface area contributed by atoms with E-state index in [0.717, 1.165) is 6.07 Å². The number of hydrogen-bond donors (Lipinski definition) is 0. The summed E-state index contributed by atoms with van der Waals surface area (Å²) in [5.41, 5.74) is -0.499. The lowest BCUT2D eigenvalue weighted by molar-refractivity contribution is 0.103. The Morgan fingerprint density at radius 3 is 2.05 bits per heavy atom. The van der Waals surface area contributed by atoms with Crippen molar-refractivity contribution < 1.29 is 22.4 Å². The van der Waals surface area contributed by atoms with Crippen LogP contribution in [0.25, 0.3) is 0 Å². The Morgan fingerprint density at radius 1 is 0.789 bits per heavy atom. The Hall–Kier alpha value is -2.17. The summed E-state index contributed by atoms with van der Waals surface area (Å²) < 4.78 is 52.8. The summed E-state index contributed by atoms with van der Waals surface area (Å²) in [4.78, 5) is 11.9. The van der Waals surface area contributed by atoms with E-state index < -0.39 is 34.6 Å². The first kappa shape index (κ1) is 13.3. The fraction of sp³-hybridized carbons (Fsp3) is 0.0714. The molecule has 0 aromatic heterocycles. The lowest BCUT2D eigenvalue weighted by Gasteiger charge is -2.06. The van der Waals surface area contributed by atoms with Crippen LogP contribution < -0.4 is 0 Å². The van der Waals surface area contributed by atoms with Gasteiger partial charge in [0.05, 0.1) is 11.1 Å². The molecule has 0 spiro atoms.